The Morgan fingerprint density at radius 3 is 2.68 bits per heavy atom. The van der Waals surface area contributed by atoms with Crippen LogP contribution in [-0.2, 0) is 9.59 Å². The Hall–Kier alpha value is -1.34. The highest BCUT2D eigenvalue weighted by Gasteiger charge is 2.24. The number of likely N-dealkylation sites (N-methyl/N-ethyl adjacent to an activating group) is 1. The van der Waals surface area contributed by atoms with E-state index in [-0.39, 0.29) is 11.8 Å². The molecular formula is C12H18N4O2S. The molecule has 0 bridgehead atoms. The highest BCUT2D eigenvalue weighted by Crippen LogP contribution is 2.25. The third kappa shape index (κ3) is 3.81. The standard InChI is InChI=1S/C12H18N4O2S/c1-3-15-4-6-16(7-5-15)8-10-11(18)14-12(19-10)13-9(2)17/h8H,3-7H2,1-2H3,(H,13,14,17,18)/b10-8-. The molecule has 0 atom stereocenters. The first-order valence-electron chi connectivity index (χ1n) is 6.35. The van der Waals surface area contributed by atoms with Gasteiger partial charge in [-0.05, 0) is 18.3 Å². The fourth-order valence-electron chi connectivity index (χ4n) is 1.98. The summed E-state index contributed by atoms with van der Waals surface area (Å²) in [6.07, 6.45) is 1.86. The summed E-state index contributed by atoms with van der Waals surface area (Å²) in [7, 11) is 0. The Balaban J connectivity index is 1.91. The van der Waals surface area contributed by atoms with Crippen molar-refractivity contribution in [1.82, 2.24) is 15.1 Å². The molecule has 0 aromatic heterocycles. The molecule has 2 aliphatic rings. The van der Waals surface area contributed by atoms with Crippen molar-refractivity contribution in [3.63, 3.8) is 0 Å². The van der Waals surface area contributed by atoms with Crippen LogP contribution in [-0.4, -0.2) is 59.5 Å². The number of rotatable bonds is 2. The van der Waals surface area contributed by atoms with Crippen LogP contribution in [0.25, 0.3) is 0 Å². The van der Waals surface area contributed by atoms with Crippen LogP contribution in [0.2, 0.25) is 0 Å². The normalized spacial score (nSPS) is 22.8. The van der Waals surface area contributed by atoms with Crippen LogP contribution >= 0.6 is 11.8 Å². The number of nitrogens with zero attached hydrogens (tertiary/aromatic N) is 3. The van der Waals surface area contributed by atoms with E-state index in [1.807, 2.05) is 6.20 Å². The molecule has 0 unspecified atom stereocenters. The van der Waals surface area contributed by atoms with Gasteiger partial charge >= 0.3 is 0 Å². The zero-order valence-electron chi connectivity index (χ0n) is 11.2. The summed E-state index contributed by atoms with van der Waals surface area (Å²) in [6.45, 7) is 8.48. The molecule has 2 amide bonds. The van der Waals surface area contributed by atoms with Gasteiger partial charge < -0.3 is 15.1 Å². The molecule has 6 nitrogen and oxygen atoms in total. The number of hydrogen-bond donors (Lipinski definition) is 1. The molecule has 1 N–H and O–H groups in total. The molecule has 0 aromatic carbocycles. The Bertz CT molecular complexity index is 439. The van der Waals surface area contributed by atoms with Crippen LogP contribution in [0.3, 0.4) is 0 Å². The van der Waals surface area contributed by atoms with E-state index in [2.05, 4.69) is 27.0 Å². The van der Waals surface area contributed by atoms with E-state index in [1.165, 1.54) is 18.7 Å². The molecule has 1 fully saturated rings. The summed E-state index contributed by atoms with van der Waals surface area (Å²) in [5, 5.41) is 2.91. The molecule has 104 valence electrons. The fraction of sp³-hybridized carbons (Fsp3) is 0.583. The van der Waals surface area contributed by atoms with Crippen molar-refractivity contribution >= 4 is 28.7 Å². The predicted octanol–water partition coefficient (Wildman–Crippen LogP) is 0.231. The van der Waals surface area contributed by atoms with Crippen LogP contribution in [0.15, 0.2) is 16.1 Å². The molecule has 2 heterocycles. The van der Waals surface area contributed by atoms with E-state index in [1.54, 1.807) is 0 Å². The van der Waals surface area contributed by atoms with E-state index in [4.69, 9.17) is 0 Å². The Labute approximate surface area is 116 Å². The van der Waals surface area contributed by atoms with E-state index in [0.717, 1.165) is 32.7 Å². The van der Waals surface area contributed by atoms with E-state index < -0.39 is 0 Å². The Morgan fingerprint density at radius 2 is 2.11 bits per heavy atom. The third-order valence-electron chi connectivity index (χ3n) is 3.06. The van der Waals surface area contributed by atoms with Gasteiger partial charge in [0.25, 0.3) is 5.91 Å². The summed E-state index contributed by atoms with van der Waals surface area (Å²) < 4.78 is 0. The lowest BCUT2D eigenvalue weighted by molar-refractivity contribution is -0.117. The van der Waals surface area contributed by atoms with Crippen LogP contribution in [0.1, 0.15) is 13.8 Å². The number of piperazine rings is 1. The van der Waals surface area contributed by atoms with E-state index >= 15 is 0 Å². The van der Waals surface area contributed by atoms with Crippen molar-refractivity contribution in [3.05, 3.63) is 11.1 Å². The largest absolute Gasteiger partial charge is 0.374 e. The molecule has 0 aromatic rings. The second kappa shape index (κ2) is 6.21. The zero-order chi connectivity index (χ0) is 13.8. The lowest BCUT2D eigenvalue weighted by Gasteiger charge is -2.33. The molecule has 7 heteroatoms. The molecule has 2 aliphatic heterocycles. The van der Waals surface area contributed by atoms with Crippen molar-refractivity contribution in [2.24, 2.45) is 4.99 Å². The number of amidine groups is 1. The van der Waals surface area contributed by atoms with Crippen LogP contribution < -0.4 is 5.32 Å². The van der Waals surface area contributed by atoms with E-state index in [9.17, 15) is 9.59 Å². The molecule has 0 saturated carbocycles. The number of carbonyl (C=O) groups excluding carboxylic acids is 2. The quantitative estimate of drug-likeness (QED) is 0.735. The van der Waals surface area contributed by atoms with Crippen molar-refractivity contribution < 1.29 is 9.59 Å². The smallest absolute Gasteiger partial charge is 0.287 e. The van der Waals surface area contributed by atoms with Gasteiger partial charge in [0.1, 0.15) is 0 Å². The number of aliphatic imine (C=N–C) groups is 1. The minimum absolute atomic E-state index is 0.211. The minimum Gasteiger partial charge on any atom is -0.374 e. The van der Waals surface area contributed by atoms with Crippen molar-refractivity contribution in [2.45, 2.75) is 13.8 Å². The predicted molar refractivity (Wildman–Crippen MR) is 75.6 cm³/mol. The van der Waals surface area contributed by atoms with Gasteiger partial charge in [-0.3, -0.25) is 9.59 Å². The zero-order valence-corrected chi connectivity index (χ0v) is 12.0. The first kappa shape index (κ1) is 14.1. The second-order valence-corrected chi connectivity index (χ2v) is 5.50. The van der Waals surface area contributed by atoms with Gasteiger partial charge in [-0.25, -0.2) is 0 Å². The average Bonchev–Trinajstić information content (AvgIpc) is 2.69. The van der Waals surface area contributed by atoms with Gasteiger partial charge in [0.05, 0.1) is 4.91 Å². The highest BCUT2D eigenvalue weighted by molar-refractivity contribution is 8.18. The maximum absolute atomic E-state index is 11.7. The van der Waals surface area contributed by atoms with Crippen molar-refractivity contribution in [1.29, 1.82) is 0 Å². The first-order valence-corrected chi connectivity index (χ1v) is 7.17. The summed E-state index contributed by atoms with van der Waals surface area (Å²) in [4.78, 5) is 31.5. The fourth-order valence-corrected chi connectivity index (χ4v) is 2.84. The van der Waals surface area contributed by atoms with Crippen LogP contribution in [0.4, 0.5) is 0 Å². The lowest BCUT2D eigenvalue weighted by atomic mass is 10.3. The SMILES string of the molecule is CCN1CCN(/C=C2\SC(NC(C)=O)=NC2=O)CC1. The molecule has 0 radical (unpaired) electrons. The summed E-state index contributed by atoms with van der Waals surface area (Å²) in [5.41, 5.74) is 0. The number of hydrogen-bond acceptors (Lipinski definition) is 5. The summed E-state index contributed by atoms with van der Waals surface area (Å²) >= 11 is 1.22. The topological polar surface area (TPSA) is 65.0 Å². The van der Waals surface area contributed by atoms with Crippen molar-refractivity contribution in [2.75, 3.05) is 32.7 Å². The molecule has 2 rings (SSSR count). The molecule has 0 spiro atoms. The van der Waals surface area contributed by atoms with Gasteiger partial charge in [-0.2, -0.15) is 4.99 Å². The van der Waals surface area contributed by atoms with E-state index in [0.29, 0.717) is 10.1 Å². The molecule has 19 heavy (non-hydrogen) atoms. The van der Waals surface area contributed by atoms with Gasteiger partial charge in [0.2, 0.25) is 5.91 Å². The lowest BCUT2D eigenvalue weighted by Crippen LogP contribution is -2.43. The van der Waals surface area contributed by atoms with Crippen molar-refractivity contribution in [3.8, 4) is 0 Å². The summed E-state index contributed by atoms with van der Waals surface area (Å²) in [6, 6.07) is 0. The number of thioether (sulfide) groups is 1. The number of nitrogens with one attached hydrogen (secondary N) is 1. The summed E-state index contributed by atoms with van der Waals surface area (Å²) in [5.74, 6) is -0.483. The van der Waals surface area contributed by atoms with Gasteiger partial charge in [-0.1, -0.05) is 6.92 Å². The average molecular weight is 282 g/mol. The molecular weight excluding hydrogens is 264 g/mol. The first-order chi connectivity index (χ1) is 9.08. The monoisotopic (exact) mass is 282 g/mol. The van der Waals surface area contributed by atoms with Gasteiger partial charge in [0, 0.05) is 39.3 Å². The Morgan fingerprint density at radius 1 is 1.42 bits per heavy atom. The van der Waals surface area contributed by atoms with Gasteiger partial charge in [-0.15, -0.1) is 0 Å². The molecule has 0 aliphatic carbocycles. The van der Waals surface area contributed by atoms with Crippen LogP contribution in [0, 0.1) is 0 Å². The highest BCUT2D eigenvalue weighted by atomic mass is 32.2. The number of amides is 2. The molecule has 1 saturated heterocycles. The Kier molecular flexibility index (Phi) is 4.60. The van der Waals surface area contributed by atoms with Gasteiger partial charge in [0.15, 0.2) is 5.17 Å². The third-order valence-corrected chi connectivity index (χ3v) is 3.94. The maximum Gasteiger partial charge on any atom is 0.287 e. The maximum atomic E-state index is 11.7. The van der Waals surface area contributed by atoms with Crippen LogP contribution in [0.5, 0.6) is 0 Å². The number of carbonyl (C=O) groups is 2. The second-order valence-electron chi connectivity index (χ2n) is 4.47. The minimum atomic E-state index is -0.272.